The summed E-state index contributed by atoms with van der Waals surface area (Å²) in [7, 11) is 2.01. The van der Waals surface area contributed by atoms with Crippen molar-refractivity contribution in [1.29, 1.82) is 0 Å². The first-order valence-corrected chi connectivity index (χ1v) is 6.65. The van der Waals surface area contributed by atoms with Crippen LogP contribution in [0.5, 0.6) is 0 Å². The van der Waals surface area contributed by atoms with Gasteiger partial charge in [0.1, 0.15) is 0 Å². The second-order valence-electron chi connectivity index (χ2n) is 4.27. The van der Waals surface area contributed by atoms with Crippen LogP contribution in [0.25, 0.3) is 0 Å². The Bertz CT molecular complexity index is 565. The third kappa shape index (κ3) is 3.58. The predicted octanol–water partition coefficient (Wildman–Crippen LogP) is 0.873. The van der Waals surface area contributed by atoms with Crippen LogP contribution in [0.1, 0.15) is 21.1 Å². The first-order chi connectivity index (χ1) is 9.06. The monoisotopic (exact) mass is 281 g/mol. The Morgan fingerprint density at radius 1 is 1.58 bits per heavy atom. The second kappa shape index (κ2) is 5.89. The fourth-order valence-corrected chi connectivity index (χ4v) is 2.44. The average molecular weight is 281 g/mol. The number of rotatable bonds is 6. The van der Waals surface area contributed by atoms with Gasteiger partial charge in [-0.3, -0.25) is 9.58 Å². The van der Waals surface area contributed by atoms with Crippen LogP contribution in [-0.4, -0.2) is 49.5 Å². The van der Waals surface area contributed by atoms with Gasteiger partial charge >= 0.3 is 5.97 Å². The molecule has 0 fully saturated rings. The van der Waals surface area contributed by atoms with Crippen LogP contribution < -0.4 is 0 Å². The quantitative estimate of drug-likeness (QED) is 0.846. The van der Waals surface area contributed by atoms with E-state index in [1.165, 1.54) is 11.1 Å². The third-order valence-electron chi connectivity index (χ3n) is 2.73. The molecule has 0 aliphatic carbocycles. The molecular weight excluding hydrogens is 266 g/mol. The number of carboxylic acid groups (broad SMARTS) is 1. The normalized spacial score (nSPS) is 11.1. The molecule has 7 nitrogen and oxygen atoms in total. The van der Waals surface area contributed by atoms with Crippen LogP contribution in [0.15, 0.2) is 11.7 Å². The number of carboxylic acids is 1. The molecule has 0 amide bonds. The van der Waals surface area contributed by atoms with Crippen LogP contribution >= 0.6 is 11.3 Å². The van der Waals surface area contributed by atoms with E-state index in [0.717, 1.165) is 18.8 Å². The SMILES string of the molecule is Cc1ncsc1CN(C)CCn1cc(C(=O)O)nn1. The highest BCUT2D eigenvalue weighted by Crippen LogP contribution is 2.13. The number of hydrogen-bond donors (Lipinski definition) is 1. The molecule has 8 heteroatoms. The molecule has 0 bridgehead atoms. The highest BCUT2D eigenvalue weighted by Gasteiger charge is 2.09. The molecule has 0 aliphatic rings. The van der Waals surface area contributed by atoms with E-state index in [0.29, 0.717) is 6.54 Å². The summed E-state index contributed by atoms with van der Waals surface area (Å²) in [6, 6.07) is 0. The van der Waals surface area contributed by atoms with E-state index in [1.807, 2.05) is 19.5 Å². The first-order valence-electron chi connectivity index (χ1n) is 5.77. The molecule has 1 N–H and O–H groups in total. The van der Waals surface area contributed by atoms with Gasteiger partial charge in [0.2, 0.25) is 0 Å². The van der Waals surface area contributed by atoms with Crippen LogP contribution in [-0.2, 0) is 13.1 Å². The highest BCUT2D eigenvalue weighted by atomic mass is 32.1. The fraction of sp³-hybridized carbons (Fsp3) is 0.455. The van der Waals surface area contributed by atoms with Crippen LogP contribution in [0.2, 0.25) is 0 Å². The lowest BCUT2D eigenvalue weighted by atomic mass is 10.3. The maximum absolute atomic E-state index is 10.7. The standard InChI is InChI=1S/C11H15N5O2S/c1-8-10(19-7-12-8)6-15(2)3-4-16-5-9(11(17)18)13-14-16/h5,7H,3-4,6H2,1-2H3,(H,17,18). The Morgan fingerprint density at radius 3 is 2.95 bits per heavy atom. The number of thiazole rings is 1. The molecule has 0 atom stereocenters. The zero-order valence-corrected chi connectivity index (χ0v) is 11.6. The van der Waals surface area contributed by atoms with Gasteiger partial charge in [-0.05, 0) is 14.0 Å². The van der Waals surface area contributed by atoms with E-state index < -0.39 is 5.97 Å². The molecule has 0 saturated carbocycles. The smallest absolute Gasteiger partial charge is 0.358 e. The van der Waals surface area contributed by atoms with Crippen molar-refractivity contribution in [3.63, 3.8) is 0 Å². The Hall–Kier alpha value is -1.80. The lowest BCUT2D eigenvalue weighted by molar-refractivity contribution is 0.0690. The predicted molar refractivity (Wildman–Crippen MR) is 70.2 cm³/mol. The van der Waals surface area contributed by atoms with Crippen molar-refractivity contribution in [2.45, 2.75) is 20.0 Å². The van der Waals surface area contributed by atoms with Crippen LogP contribution in [0.4, 0.5) is 0 Å². The molecule has 0 unspecified atom stereocenters. The van der Waals surface area contributed by atoms with Crippen LogP contribution in [0.3, 0.4) is 0 Å². The van der Waals surface area contributed by atoms with Crippen molar-refractivity contribution in [3.05, 3.63) is 28.0 Å². The van der Waals surface area contributed by atoms with Gasteiger partial charge in [0.25, 0.3) is 0 Å². The summed E-state index contributed by atoms with van der Waals surface area (Å²) in [4.78, 5) is 18.3. The van der Waals surface area contributed by atoms with Gasteiger partial charge in [-0.2, -0.15) is 0 Å². The molecule has 0 aromatic carbocycles. The molecule has 0 radical (unpaired) electrons. The number of hydrogen-bond acceptors (Lipinski definition) is 6. The Kier molecular flexibility index (Phi) is 4.23. The topological polar surface area (TPSA) is 84.1 Å². The molecular formula is C11H15N5O2S. The van der Waals surface area contributed by atoms with E-state index >= 15 is 0 Å². The van der Waals surface area contributed by atoms with E-state index in [-0.39, 0.29) is 5.69 Å². The molecule has 0 spiro atoms. The number of aromatic carboxylic acids is 1. The van der Waals surface area contributed by atoms with Crippen molar-refractivity contribution in [1.82, 2.24) is 24.9 Å². The first kappa shape index (κ1) is 13.6. The lowest BCUT2D eigenvalue weighted by Gasteiger charge is -2.15. The van der Waals surface area contributed by atoms with Crippen molar-refractivity contribution >= 4 is 17.3 Å². The Balaban J connectivity index is 1.84. The summed E-state index contributed by atoms with van der Waals surface area (Å²) in [5, 5.41) is 16.1. The minimum atomic E-state index is -1.06. The molecule has 19 heavy (non-hydrogen) atoms. The summed E-state index contributed by atoms with van der Waals surface area (Å²) in [5.41, 5.74) is 2.88. The zero-order valence-electron chi connectivity index (χ0n) is 10.8. The highest BCUT2D eigenvalue weighted by molar-refractivity contribution is 7.09. The van der Waals surface area contributed by atoms with Crippen molar-refractivity contribution in [2.75, 3.05) is 13.6 Å². The van der Waals surface area contributed by atoms with E-state index in [4.69, 9.17) is 5.11 Å². The molecule has 2 heterocycles. The van der Waals surface area contributed by atoms with Gasteiger partial charge in [-0.1, -0.05) is 5.21 Å². The van der Waals surface area contributed by atoms with Gasteiger partial charge in [0.05, 0.1) is 23.9 Å². The number of likely N-dealkylation sites (N-methyl/N-ethyl adjacent to an activating group) is 1. The van der Waals surface area contributed by atoms with Crippen LogP contribution in [0, 0.1) is 6.92 Å². The average Bonchev–Trinajstić information content (AvgIpc) is 2.97. The molecule has 102 valence electrons. The number of aryl methyl sites for hydroxylation is 1. The Labute approximate surface area is 114 Å². The molecule has 2 aromatic rings. The zero-order chi connectivity index (χ0) is 13.8. The Morgan fingerprint density at radius 2 is 2.37 bits per heavy atom. The van der Waals surface area contributed by atoms with Gasteiger partial charge in [-0.15, -0.1) is 16.4 Å². The number of nitrogens with zero attached hydrogens (tertiary/aromatic N) is 5. The molecule has 2 aromatic heterocycles. The summed E-state index contributed by atoms with van der Waals surface area (Å²) >= 11 is 1.64. The maximum Gasteiger partial charge on any atom is 0.358 e. The summed E-state index contributed by atoms with van der Waals surface area (Å²) < 4.78 is 1.54. The number of aromatic nitrogens is 4. The largest absolute Gasteiger partial charge is 0.476 e. The van der Waals surface area contributed by atoms with Crippen molar-refractivity contribution < 1.29 is 9.90 Å². The minimum Gasteiger partial charge on any atom is -0.476 e. The minimum absolute atomic E-state index is 0.0269. The van der Waals surface area contributed by atoms with Gasteiger partial charge < -0.3 is 5.11 Å². The summed E-state index contributed by atoms with van der Waals surface area (Å²) in [6.07, 6.45) is 1.44. The van der Waals surface area contributed by atoms with E-state index in [1.54, 1.807) is 16.0 Å². The second-order valence-corrected chi connectivity index (χ2v) is 5.21. The summed E-state index contributed by atoms with van der Waals surface area (Å²) in [5.74, 6) is -1.06. The van der Waals surface area contributed by atoms with E-state index in [9.17, 15) is 4.79 Å². The van der Waals surface area contributed by atoms with Crippen molar-refractivity contribution in [3.8, 4) is 0 Å². The van der Waals surface area contributed by atoms with Gasteiger partial charge in [-0.25, -0.2) is 9.78 Å². The molecule has 0 aliphatic heterocycles. The number of carbonyl (C=O) groups is 1. The third-order valence-corrected chi connectivity index (χ3v) is 3.65. The summed E-state index contributed by atoms with van der Waals surface area (Å²) in [6.45, 7) is 4.20. The fourth-order valence-electron chi connectivity index (χ4n) is 1.58. The lowest BCUT2D eigenvalue weighted by Crippen LogP contribution is -2.23. The van der Waals surface area contributed by atoms with Crippen molar-refractivity contribution in [2.24, 2.45) is 0 Å². The van der Waals surface area contributed by atoms with Gasteiger partial charge in [0.15, 0.2) is 5.69 Å². The van der Waals surface area contributed by atoms with E-state index in [2.05, 4.69) is 20.2 Å². The maximum atomic E-state index is 10.7. The molecule has 2 rings (SSSR count). The van der Waals surface area contributed by atoms with Gasteiger partial charge in [0, 0.05) is 18.0 Å². The molecule has 0 saturated heterocycles.